The molecule has 0 aromatic heterocycles. The molecule has 0 spiro atoms. The Kier molecular flexibility index (Phi) is 6.59. The zero-order valence-electron chi connectivity index (χ0n) is 14.8. The maximum Gasteiger partial charge on any atom is 0.253 e. The van der Waals surface area contributed by atoms with Gasteiger partial charge in [-0.1, -0.05) is 19.3 Å². The van der Waals surface area contributed by atoms with Crippen LogP contribution in [-0.2, 0) is 10.0 Å². The molecule has 0 unspecified atom stereocenters. The number of nitriles is 1. The summed E-state index contributed by atoms with van der Waals surface area (Å²) in [5, 5.41) is 12.2. The second kappa shape index (κ2) is 8.49. The molecule has 0 radical (unpaired) electrons. The molecule has 1 aliphatic rings. The van der Waals surface area contributed by atoms with Crippen molar-refractivity contribution in [2.75, 3.05) is 17.5 Å². The summed E-state index contributed by atoms with van der Waals surface area (Å²) >= 11 is 0. The molecule has 2 N–H and O–H groups in total. The van der Waals surface area contributed by atoms with Crippen LogP contribution in [-0.4, -0.2) is 27.1 Å². The van der Waals surface area contributed by atoms with Crippen LogP contribution in [0.4, 0.5) is 10.1 Å². The molecule has 1 aliphatic carbocycles. The van der Waals surface area contributed by atoms with Crippen LogP contribution in [0.5, 0.6) is 0 Å². The summed E-state index contributed by atoms with van der Waals surface area (Å²) in [7, 11) is -3.63. The third-order valence-electron chi connectivity index (χ3n) is 4.69. The number of halogens is 1. The zero-order valence-corrected chi connectivity index (χ0v) is 15.7. The number of nitrogens with one attached hydrogen (secondary N) is 2. The van der Waals surface area contributed by atoms with E-state index in [-0.39, 0.29) is 16.7 Å². The number of hydrogen-bond donors (Lipinski definition) is 2. The van der Waals surface area contributed by atoms with Crippen LogP contribution in [0.2, 0.25) is 0 Å². The molecule has 0 saturated heterocycles. The van der Waals surface area contributed by atoms with Crippen LogP contribution < -0.4 is 10.0 Å². The van der Waals surface area contributed by atoms with Crippen molar-refractivity contribution in [1.29, 1.82) is 5.26 Å². The van der Waals surface area contributed by atoms with E-state index in [9.17, 15) is 22.9 Å². The third-order valence-corrected chi connectivity index (χ3v) is 5.28. The maximum atomic E-state index is 13.4. The Morgan fingerprint density at radius 1 is 1.31 bits per heavy atom. The Bertz CT molecular complexity index is 796. The first-order valence-electron chi connectivity index (χ1n) is 8.71. The summed E-state index contributed by atoms with van der Waals surface area (Å²) in [6.45, 7) is 0.373. The molecule has 1 aromatic rings. The molecule has 8 heteroatoms. The van der Waals surface area contributed by atoms with Gasteiger partial charge in [-0.05, 0) is 43.9 Å². The van der Waals surface area contributed by atoms with Gasteiger partial charge in [0.1, 0.15) is 5.82 Å². The van der Waals surface area contributed by atoms with Gasteiger partial charge in [0.05, 0.1) is 29.0 Å². The lowest BCUT2D eigenvalue weighted by atomic mass is 9.72. The highest BCUT2D eigenvalue weighted by molar-refractivity contribution is 7.92. The molecule has 1 aromatic carbocycles. The summed E-state index contributed by atoms with van der Waals surface area (Å²) in [4.78, 5) is 12.3. The van der Waals surface area contributed by atoms with E-state index < -0.39 is 21.7 Å². The van der Waals surface area contributed by atoms with Gasteiger partial charge in [0, 0.05) is 6.54 Å². The Hall–Kier alpha value is -2.14. The zero-order chi connectivity index (χ0) is 19.2. The smallest absolute Gasteiger partial charge is 0.253 e. The minimum Gasteiger partial charge on any atom is -0.352 e. The number of anilines is 1. The maximum absolute atomic E-state index is 13.4. The second-order valence-corrected chi connectivity index (χ2v) is 8.62. The fourth-order valence-electron chi connectivity index (χ4n) is 3.37. The summed E-state index contributed by atoms with van der Waals surface area (Å²) in [5.41, 5.74) is -0.322. The van der Waals surface area contributed by atoms with Gasteiger partial charge in [0.15, 0.2) is 0 Å². The molecule has 1 fully saturated rings. The first-order valence-corrected chi connectivity index (χ1v) is 10.6. The van der Waals surface area contributed by atoms with E-state index in [1.54, 1.807) is 0 Å². The number of carbonyl (C=O) groups is 1. The van der Waals surface area contributed by atoms with Gasteiger partial charge in [-0.25, -0.2) is 12.8 Å². The van der Waals surface area contributed by atoms with Crippen molar-refractivity contribution in [3.8, 4) is 6.07 Å². The first kappa shape index (κ1) is 20.2. The van der Waals surface area contributed by atoms with Gasteiger partial charge >= 0.3 is 0 Å². The summed E-state index contributed by atoms with van der Waals surface area (Å²) in [6, 6.07) is 5.77. The molecular formula is C18H24FN3O3S. The van der Waals surface area contributed by atoms with Crippen LogP contribution in [0.3, 0.4) is 0 Å². The minimum absolute atomic E-state index is 0.0597. The Labute approximate surface area is 153 Å². The predicted molar refractivity (Wildman–Crippen MR) is 97.6 cm³/mol. The average Bonchev–Trinajstić information content (AvgIpc) is 2.58. The Balaban J connectivity index is 1.95. The van der Waals surface area contributed by atoms with Crippen LogP contribution in [0.1, 0.15) is 55.3 Å². The number of hydrogen-bond acceptors (Lipinski definition) is 4. The summed E-state index contributed by atoms with van der Waals surface area (Å²) < 4.78 is 38.3. The molecule has 142 valence electrons. The van der Waals surface area contributed by atoms with Gasteiger partial charge < -0.3 is 5.32 Å². The second-order valence-electron chi connectivity index (χ2n) is 6.88. The molecule has 1 amide bonds. The molecule has 0 bridgehead atoms. The number of amides is 1. The highest BCUT2D eigenvalue weighted by Crippen LogP contribution is 2.39. The third kappa shape index (κ3) is 5.70. The van der Waals surface area contributed by atoms with Crippen molar-refractivity contribution in [2.24, 2.45) is 5.41 Å². The molecule has 2 rings (SSSR count). The van der Waals surface area contributed by atoms with Crippen molar-refractivity contribution in [1.82, 2.24) is 5.32 Å². The topological polar surface area (TPSA) is 99.1 Å². The van der Waals surface area contributed by atoms with E-state index in [1.807, 2.05) is 0 Å². The highest BCUT2D eigenvalue weighted by atomic mass is 32.2. The Morgan fingerprint density at radius 3 is 2.62 bits per heavy atom. The van der Waals surface area contributed by atoms with Crippen molar-refractivity contribution >= 4 is 21.6 Å². The van der Waals surface area contributed by atoms with Gasteiger partial charge in [-0.3, -0.25) is 9.52 Å². The van der Waals surface area contributed by atoms with Crippen LogP contribution in [0, 0.1) is 22.6 Å². The van der Waals surface area contributed by atoms with E-state index in [1.165, 1.54) is 12.5 Å². The monoisotopic (exact) mass is 381 g/mol. The van der Waals surface area contributed by atoms with Gasteiger partial charge in [-0.15, -0.1) is 0 Å². The quantitative estimate of drug-likeness (QED) is 0.709. The SMILES string of the molecule is CS(=O)(=O)Nc1cc(F)ccc1C(=O)NCCCC1(C#N)CCCCC1. The van der Waals surface area contributed by atoms with Crippen molar-refractivity contribution in [3.05, 3.63) is 29.6 Å². The molecule has 0 heterocycles. The summed E-state index contributed by atoms with van der Waals surface area (Å²) in [5.74, 6) is -1.12. The van der Waals surface area contributed by atoms with Crippen LogP contribution in [0.25, 0.3) is 0 Å². The largest absolute Gasteiger partial charge is 0.352 e. The van der Waals surface area contributed by atoms with Crippen molar-refractivity contribution in [2.45, 2.75) is 44.9 Å². The lowest BCUT2D eigenvalue weighted by Gasteiger charge is -2.30. The van der Waals surface area contributed by atoms with Gasteiger partial charge in [-0.2, -0.15) is 5.26 Å². The predicted octanol–water partition coefficient (Wildman–Crippen LogP) is 3.18. The van der Waals surface area contributed by atoms with E-state index in [4.69, 9.17) is 0 Å². The highest BCUT2D eigenvalue weighted by Gasteiger charge is 2.31. The van der Waals surface area contributed by atoms with Crippen LogP contribution >= 0.6 is 0 Å². The lowest BCUT2D eigenvalue weighted by molar-refractivity contribution is 0.0952. The van der Waals surface area contributed by atoms with Gasteiger partial charge in [0.2, 0.25) is 10.0 Å². The van der Waals surface area contributed by atoms with Gasteiger partial charge in [0.25, 0.3) is 5.91 Å². The number of carbonyl (C=O) groups excluding carboxylic acids is 1. The molecule has 0 aliphatic heterocycles. The molecule has 1 saturated carbocycles. The molecule has 26 heavy (non-hydrogen) atoms. The molecule has 6 nitrogen and oxygen atoms in total. The number of nitrogens with zero attached hydrogens (tertiary/aromatic N) is 1. The lowest BCUT2D eigenvalue weighted by Crippen LogP contribution is -2.28. The van der Waals surface area contributed by atoms with E-state index >= 15 is 0 Å². The minimum atomic E-state index is -3.63. The molecular weight excluding hydrogens is 357 g/mol. The van der Waals surface area contributed by atoms with Crippen LogP contribution in [0.15, 0.2) is 18.2 Å². The first-order chi connectivity index (χ1) is 12.2. The Morgan fingerprint density at radius 2 is 2.00 bits per heavy atom. The fraction of sp³-hybridized carbons (Fsp3) is 0.556. The summed E-state index contributed by atoms with van der Waals surface area (Å²) in [6.07, 6.45) is 7.42. The normalized spacial score (nSPS) is 16.5. The number of benzene rings is 1. The average molecular weight is 381 g/mol. The molecule has 0 atom stereocenters. The van der Waals surface area contributed by atoms with Crippen molar-refractivity contribution in [3.63, 3.8) is 0 Å². The number of sulfonamides is 1. The van der Waals surface area contributed by atoms with E-state index in [0.717, 1.165) is 50.5 Å². The van der Waals surface area contributed by atoms with Crippen molar-refractivity contribution < 1.29 is 17.6 Å². The fourth-order valence-corrected chi connectivity index (χ4v) is 3.94. The number of rotatable bonds is 7. The standard InChI is InChI=1S/C18H24FN3O3S/c1-26(24,25)22-16-12-14(19)6-7-15(16)17(23)21-11-5-10-18(13-20)8-3-2-4-9-18/h6-7,12,22H,2-5,8-11H2,1H3,(H,21,23). The van der Waals surface area contributed by atoms with E-state index in [2.05, 4.69) is 16.1 Å². The van der Waals surface area contributed by atoms with E-state index in [0.29, 0.717) is 13.0 Å².